The predicted molar refractivity (Wildman–Crippen MR) is 114 cm³/mol. The van der Waals surface area contributed by atoms with Crippen molar-refractivity contribution in [2.24, 2.45) is 0 Å². The minimum atomic E-state index is 0.590. The smallest absolute Gasteiger partial charge is 0.229 e. The van der Waals surface area contributed by atoms with Crippen molar-refractivity contribution in [3.05, 3.63) is 65.7 Å². The molecule has 0 atom stereocenters. The van der Waals surface area contributed by atoms with E-state index in [9.17, 15) is 0 Å². The van der Waals surface area contributed by atoms with Gasteiger partial charge in [-0.2, -0.15) is 4.98 Å². The molecule has 0 spiro atoms. The Kier molecular flexibility index (Phi) is 6.04. The van der Waals surface area contributed by atoms with Crippen molar-refractivity contribution in [2.75, 3.05) is 37.8 Å². The summed E-state index contributed by atoms with van der Waals surface area (Å²) >= 11 is 0. The molecule has 0 bridgehead atoms. The maximum atomic E-state index is 4.72. The van der Waals surface area contributed by atoms with Crippen molar-refractivity contribution in [3.8, 4) is 11.3 Å². The largest absolute Gasteiger partial charge is 0.369 e. The molecule has 5 nitrogen and oxygen atoms in total. The topological polar surface area (TPSA) is 53.1 Å². The summed E-state index contributed by atoms with van der Waals surface area (Å²) in [5, 5.41) is 6.75. The van der Waals surface area contributed by atoms with Crippen LogP contribution in [0.1, 0.15) is 11.1 Å². The summed E-state index contributed by atoms with van der Waals surface area (Å²) in [4.78, 5) is 11.5. The van der Waals surface area contributed by atoms with Crippen LogP contribution in [0, 0.1) is 13.8 Å². The third-order valence-electron chi connectivity index (χ3n) is 4.42. The molecule has 0 aliphatic heterocycles. The van der Waals surface area contributed by atoms with Gasteiger partial charge in [0.15, 0.2) is 0 Å². The van der Waals surface area contributed by atoms with Crippen LogP contribution >= 0.6 is 0 Å². The fourth-order valence-electron chi connectivity index (χ4n) is 2.71. The van der Waals surface area contributed by atoms with Crippen molar-refractivity contribution >= 4 is 17.5 Å². The van der Waals surface area contributed by atoms with Gasteiger partial charge >= 0.3 is 0 Å². The molecule has 0 aliphatic carbocycles. The number of benzene rings is 2. The maximum absolute atomic E-state index is 4.72. The highest BCUT2D eigenvalue weighted by Gasteiger charge is 2.08. The first-order valence-corrected chi connectivity index (χ1v) is 9.18. The van der Waals surface area contributed by atoms with Crippen molar-refractivity contribution in [1.82, 2.24) is 14.9 Å². The van der Waals surface area contributed by atoms with Gasteiger partial charge in [0.2, 0.25) is 5.95 Å². The van der Waals surface area contributed by atoms with E-state index < -0.39 is 0 Å². The van der Waals surface area contributed by atoms with E-state index in [1.165, 1.54) is 11.1 Å². The second-order valence-corrected chi connectivity index (χ2v) is 6.98. The molecular formula is C22H27N5. The van der Waals surface area contributed by atoms with Crippen LogP contribution in [0.15, 0.2) is 54.6 Å². The summed E-state index contributed by atoms with van der Waals surface area (Å²) in [6.45, 7) is 5.97. The van der Waals surface area contributed by atoms with Gasteiger partial charge < -0.3 is 15.5 Å². The molecule has 3 rings (SSSR count). The summed E-state index contributed by atoms with van der Waals surface area (Å²) in [5.74, 6) is 1.41. The van der Waals surface area contributed by atoms with Gasteiger partial charge in [-0.1, -0.05) is 36.4 Å². The molecule has 0 unspecified atom stereocenters. The number of hydrogen-bond donors (Lipinski definition) is 2. The van der Waals surface area contributed by atoms with Gasteiger partial charge in [-0.05, 0) is 51.2 Å². The Bertz CT molecular complexity index is 890. The number of nitrogens with one attached hydrogen (secondary N) is 2. The fourth-order valence-corrected chi connectivity index (χ4v) is 2.71. The second kappa shape index (κ2) is 8.64. The SMILES string of the molecule is Cc1ccc(Nc2nc(NCCN(C)C)cc(-c3ccccc3)n2)cc1C. The van der Waals surface area contributed by atoms with E-state index in [1.807, 2.05) is 24.3 Å². The average molecular weight is 361 g/mol. The van der Waals surface area contributed by atoms with Crippen LogP contribution in [0.25, 0.3) is 11.3 Å². The fraction of sp³-hybridized carbons (Fsp3) is 0.273. The molecule has 0 saturated carbocycles. The Labute approximate surface area is 161 Å². The van der Waals surface area contributed by atoms with E-state index in [4.69, 9.17) is 4.98 Å². The normalized spacial score (nSPS) is 10.9. The molecule has 2 aromatic carbocycles. The van der Waals surface area contributed by atoms with Crippen LogP contribution in [0.2, 0.25) is 0 Å². The molecule has 0 fully saturated rings. The number of aromatic nitrogens is 2. The number of aryl methyl sites for hydroxylation is 2. The zero-order valence-corrected chi connectivity index (χ0v) is 16.5. The monoisotopic (exact) mass is 361 g/mol. The first-order valence-electron chi connectivity index (χ1n) is 9.18. The molecule has 140 valence electrons. The van der Waals surface area contributed by atoms with Crippen LogP contribution in [0.3, 0.4) is 0 Å². The standard InChI is InChI=1S/C22H27N5/c1-16-10-11-19(14-17(16)2)24-22-25-20(18-8-6-5-7-9-18)15-21(26-22)23-12-13-27(3)4/h5-11,14-15H,12-13H2,1-4H3,(H2,23,24,25,26). The summed E-state index contributed by atoms with van der Waals surface area (Å²) in [5.41, 5.74) is 5.46. The van der Waals surface area contributed by atoms with Crippen LogP contribution in [0.4, 0.5) is 17.5 Å². The zero-order valence-electron chi connectivity index (χ0n) is 16.5. The first-order chi connectivity index (χ1) is 13.0. The number of nitrogens with zero attached hydrogens (tertiary/aromatic N) is 3. The summed E-state index contributed by atoms with van der Waals surface area (Å²) in [7, 11) is 4.12. The Morgan fingerprint density at radius 1 is 0.889 bits per heavy atom. The summed E-state index contributed by atoms with van der Waals surface area (Å²) in [6.07, 6.45) is 0. The first kappa shape index (κ1) is 18.9. The molecule has 0 radical (unpaired) electrons. The molecule has 0 aliphatic rings. The Morgan fingerprint density at radius 3 is 2.37 bits per heavy atom. The number of anilines is 3. The van der Waals surface area contributed by atoms with Crippen molar-refractivity contribution in [1.29, 1.82) is 0 Å². The Hall–Kier alpha value is -2.92. The molecule has 2 N–H and O–H groups in total. The summed E-state index contributed by atoms with van der Waals surface area (Å²) < 4.78 is 0. The third kappa shape index (κ3) is 5.28. The van der Waals surface area contributed by atoms with Gasteiger partial charge in [-0.3, -0.25) is 0 Å². The molecule has 1 aromatic heterocycles. The third-order valence-corrected chi connectivity index (χ3v) is 4.42. The molecule has 1 heterocycles. The highest BCUT2D eigenvalue weighted by Crippen LogP contribution is 2.24. The van der Waals surface area contributed by atoms with Crippen LogP contribution < -0.4 is 10.6 Å². The van der Waals surface area contributed by atoms with E-state index in [2.05, 4.69) is 78.8 Å². The van der Waals surface area contributed by atoms with Gasteiger partial charge in [0.1, 0.15) is 5.82 Å². The predicted octanol–water partition coefficient (Wildman–Crippen LogP) is 4.48. The van der Waals surface area contributed by atoms with Crippen LogP contribution in [-0.2, 0) is 0 Å². The molecule has 0 saturated heterocycles. The highest BCUT2D eigenvalue weighted by atomic mass is 15.2. The van der Waals surface area contributed by atoms with E-state index in [1.54, 1.807) is 0 Å². The van der Waals surface area contributed by atoms with Crippen molar-refractivity contribution in [2.45, 2.75) is 13.8 Å². The van der Waals surface area contributed by atoms with E-state index in [0.29, 0.717) is 5.95 Å². The average Bonchev–Trinajstić information content (AvgIpc) is 2.65. The van der Waals surface area contributed by atoms with Gasteiger partial charge in [0.05, 0.1) is 5.69 Å². The lowest BCUT2D eigenvalue weighted by Crippen LogP contribution is -2.21. The zero-order chi connectivity index (χ0) is 19.2. The van der Waals surface area contributed by atoms with Crippen LogP contribution in [0.5, 0.6) is 0 Å². The molecule has 5 heteroatoms. The van der Waals surface area contributed by atoms with Crippen molar-refractivity contribution < 1.29 is 0 Å². The van der Waals surface area contributed by atoms with E-state index >= 15 is 0 Å². The lowest BCUT2D eigenvalue weighted by Gasteiger charge is -2.14. The molecule has 3 aromatic rings. The molecular weight excluding hydrogens is 334 g/mol. The second-order valence-electron chi connectivity index (χ2n) is 6.98. The lowest BCUT2D eigenvalue weighted by atomic mass is 10.1. The Morgan fingerprint density at radius 2 is 1.67 bits per heavy atom. The van der Waals surface area contributed by atoms with E-state index in [-0.39, 0.29) is 0 Å². The number of rotatable bonds is 7. The highest BCUT2D eigenvalue weighted by molar-refractivity contribution is 5.66. The summed E-state index contributed by atoms with van der Waals surface area (Å²) in [6, 6.07) is 18.4. The number of hydrogen-bond acceptors (Lipinski definition) is 5. The molecule has 0 amide bonds. The van der Waals surface area contributed by atoms with Crippen molar-refractivity contribution in [3.63, 3.8) is 0 Å². The van der Waals surface area contributed by atoms with Gasteiger partial charge in [0.25, 0.3) is 0 Å². The maximum Gasteiger partial charge on any atom is 0.229 e. The Balaban J connectivity index is 1.90. The van der Waals surface area contributed by atoms with Crippen LogP contribution in [-0.4, -0.2) is 42.1 Å². The minimum absolute atomic E-state index is 0.590. The van der Waals surface area contributed by atoms with E-state index in [0.717, 1.165) is 35.9 Å². The number of likely N-dealkylation sites (N-methyl/N-ethyl adjacent to an activating group) is 1. The van der Waals surface area contributed by atoms with Gasteiger partial charge in [0, 0.05) is 30.4 Å². The van der Waals surface area contributed by atoms with Gasteiger partial charge in [-0.25, -0.2) is 4.98 Å². The quantitative estimate of drug-likeness (QED) is 0.650. The molecule has 27 heavy (non-hydrogen) atoms. The lowest BCUT2D eigenvalue weighted by molar-refractivity contribution is 0.425. The minimum Gasteiger partial charge on any atom is -0.369 e. The van der Waals surface area contributed by atoms with Gasteiger partial charge in [-0.15, -0.1) is 0 Å².